The Morgan fingerprint density at radius 1 is 1.40 bits per heavy atom. The summed E-state index contributed by atoms with van der Waals surface area (Å²) in [4.78, 5) is 25.2. The van der Waals surface area contributed by atoms with E-state index in [2.05, 4.69) is 10.6 Å². The van der Waals surface area contributed by atoms with Gasteiger partial charge in [-0.2, -0.15) is 0 Å². The van der Waals surface area contributed by atoms with Crippen molar-refractivity contribution in [2.75, 3.05) is 11.9 Å². The van der Waals surface area contributed by atoms with E-state index in [0.29, 0.717) is 22.3 Å². The molecule has 3 rings (SSSR count). The van der Waals surface area contributed by atoms with Crippen molar-refractivity contribution < 1.29 is 14.0 Å². The molecule has 0 aromatic carbocycles. The molecule has 6 nitrogen and oxygen atoms in total. The van der Waals surface area contributed by atoms with Gasteiger partial charge in [-0.25, -0.2) is 0 Å². The van der Waals surface area contributed by atoms with Crippen LogP contribution >= 0.6 is 23.7 Å². The van der Waals surface area contributed by atoms with Crippen LogP contribution in [0.4, 0.5) is 5.00 Å². The Bertz CT molecular complexity index is 755. The highest BCUT2D eigenvalue weighted by atomic mass is 35.5. The first kappa shape index (κ1) is 19.5. The fourth-order valence-corrected chi connectivity index (χ4v) is 3.67. The number of rotatable bonds is 6. The topological polar surface area (TPSA) is 97.4 Å². The zero-order chi connectivity index (χ0) is 17.3. The summed E-state index contributed by atoms with van der Waals surface area (Å²) in [6.45, 7) is 4.26. The summed E-state index contributed by atoms with van der Waals surface area (Å²) in [7, 11) is 0. The minimum Gasteiger partial charge on any atom is -0.459 e. The van der Waals surface area contributed by atoms with E-state index in [1.165, 1.54) is 17.6 Å². The lowest BCUT2D eigenvalue weighted by Crippen LogP contribution is -2.53. The van der Waals surface area contributed by atoms with E-state index >= 15 is 0 Å². The normalized spacial score (nSPS) is 15.8. The molecule has 1 fully saturated rings. The van der Waals surface area contributed by atoms with Gasteiger partial charge in [-0.05, 0) is 56.4 Å². The maximum absolute atomic E-state index is 12.6. The number of hydrogen-bond donors (Lipinski definition) is 3. The highest BCUT2D eigenvalue weighted by Gasteiger charge is 2.42. The second-order valence-corrected chi connectivity index (χ2v) is 7.46. The predicted molar refractivity (Wildman–Crippen MR) is 101 cm³/mol. The SMILES string of the molecule is Cc1cc(NC(=O)c2ccco2)sc1C(=O)NC(C)(CN)C1CC1.Cl. The lowest BCUT2D eigenvalue weighted by atomic mass is 9.96. The van der Waals surface area contributed by atoms with Crippen LogP contribution in [0.1, 0.15) is 45.6 Å². The number of amides is 2. The van der Waals surface area contributed by atoms with Gasteiger partial charge >= 0.3 is 0 Å². The molecule has 2 aromatic heterocycles. The Morgan fingerprint density at radius 2 is 2.12 bits per heavy atom. The highest BCUT2D eigenvalue weighted by molar-refractivity contribution is 7.18. The van der Waals surface area contributed by atoms with Gasteiger partial charge in [0.2, 0.25) is 0 Å². The predicted octanol–water partition coefficient (Wildman–Crippen LogP) is 3.18. The van der Waals surface area contributed by atoms with Crippen LogP contribution in [0.15, 0.2) is 28.9 Å². The van der Waals surface area contributed by atoms with E-state index in [1.54, 1.807) is 18.2 Å². The highest BCUT2D eigenvalue weighted by Crippen LogP contribution is 2.39. The number of nitrogens with one attached hydrogen (secondary N) is 2. The number of aryl methyl sites for hydroxylation is 1. The van der Waals surface area contributed by atoms with Crippen LogP contribution in [0.3, 0.4) is 0 Å². The summed E-state index contributed by atoms with van der Waals surface area (Å²) in [5.74, 6) is 0.204. The fourth-order valence-electron chi connectivity index (χ4n) is 2.71. The van der Waals surface area contributed by atoms with Crippen molar-refractivity contribution in [1.29, 1.82) is 0 Å². The second-order valence-electron chi connectivity index (χ2n) is 6.40. The molecule has 1 saturated carbocycles. The molecular formula is C17H22ClN3O3S. The molecule has 1 unspecified atom stereocenters. The van der Waals surface area contributed by atoms with Crippen molar-refractivity contribution in [3.05, 3.63) is 40.7 Å². The maximum atomic E-state index is 12.6. The first-order valence-electron chi connectivity index (χ1n) is 7.91. The number of nitrogens with two attached hydrogens (primary N) is 1. The van der Waals surface area contributed by atoms with Gasteiger partial charge in [0.15, 0.2) is 5.76 Å². The molecule has 0 radical (unpaired) electrons. The van der Waals surface area contributed by atoms with Crippen LogP contribution < -0.4 is 16.4 Å². The monoisotopic (exact) mass is 383 g/mol. The lowest BCUT2D eigenvalue weighted by molar-refractivity contribution is 0.0900. The molecule has 0 aliphatic heterocycles. The molecule has 2 aromatic rings. The zero-order valence-corrected chi connectivity index (χ0v) is 15.8. The van der Waals surface area contributed by atoms with Crippen LogP contribution in [-0.2, 0) is 0 Å². The smallest absolute Gasteiger partial charge is 0.291 e. The van der Waals surface area contributed by atoms with Gasteiger partial charge in [-0.3, -0.25) is 9.59 Å². The van der Waals surface area contributed by atoms with E-state index in [0.717, 1.165) is 18.4 Å². The molecule has 1 aliphatic rings. The third-order valence-corrected chi connectivity index (χ3v) is 5.56. The number of carbonyl (C=O) groups is 2. The largest absolute Gasteiger partial charge is 0.459 e. The third-order valence-electron chi connectivity index (χ3n) is 4.41. The Balaban J connectivity index is 0.00000225. The van der Waals surface area contributed by atoms with E-state index in [4.69, 9.17) is 10.2 Å². The summed E-state index contributed by atoms with van der Waals surface area (Å²) in [6, 6.07) is 5.03. The van der Waals surface area contributed by atoms with Crippen LogP contribution in [0, 0.1) is 12.8 Å². The van der Waals surface area contributed by atoms with Gasteiger partial charge in [0.05, 0.1) is 21.7 Å². The zero-order valence-electron chi connectivity index (χ0n) is 14.1. The van der Waals surface area contributed by atoms with Crippen molar-refractivity contribution in [1.82, 2.24) is 5.32 Å². The van der Waals surface area contributed by atoms with Gasteiger partial charge < -0.3 is 20.8 Å². The van der Waals surface area contributed by atoms with Crippen molar-refractivity contribution in [2.24, 2.45) is 11.7 Å². The number of halogens is 1. The first-order valence-corrected chi connectivity index (χ1v) is 8.72. The van der Waals surface area contributed by atoms with Crippen molar-refractivity contribution in [3.63, 3.8) is 0 Å². The molecule has 2 amide bonds. The standard InChI is InChI=1S/C17H21N3O3S.ClH/c1-10-8-13(19-15(21)12-4-3-7-23-12)24-14(10)16(22)20-17(2,9-18)11-5-6-11;/h3-4,7-8,11H,5-6,9,18H2,1-2H3,(H,19,21)(H,20,22);1H. The molecule has 8 heteroatoms. The van der Waals surface area contributed by atoms with Gasteiger partial charge in [-0.1, -0.05) is 0 Å². The van der Waals surface area contributed by atoms with E-state index in [1.807, 2.05) is 13.8 Å². The molecule has 0 saturated heterocycles. The molecule has 25 heavy (non-hydrogen) atoms. The van der Waals surface area contributed by atoms with Gasteiger partial charge in [-0.15, -0.1) is 23.7 Å². The molecular weight excluding hydrogens is 362 g/mol. The number of thiophene rings is 1. The number of carbonyl (C=O) groups excluding carboxylic acids is 2. The molecule has 1 aliphatic carbocycles. The van der Waals surface area contributed by atoms with E-state index in [9.17, 15) is 9.59 Å². The van der Waals surface area contributed by atoms with Crippen LogP contribution in [-0.4, -0.2) is 23.9 Å². The molecule has 2 heterocycles. The van der Waals surface area contributed by atoms with Crippen LogP contribution in [0.2, 0.25) is 0 Å². The summed E-state index contributed by atoms with van der Waals surface area (Å²) in [6.07, 6.45) is 3.64. The Labute approximate surface area is 156 Å². The second kappa shape index (κ2) is 7.59. The Kier molecular flexibility index (Phi) is 5.92. The number of furan rings is 1. The average Bonchev–Trinajstić information content (AvgIpc) is 3.14. The first-order chi connectivity index (χ1) is 11.4. The van der Waals surface area contributed by atoms with E-state index in [-0.39, 0.29) is 35.5 Å². The van der Waals surface area contributed by atoms with Crippen molar-refractivity contribution >= 4 is 40.6 Å². The molecule has 0 spiro atoms. The Morgan fingerprint density at radius 3 is 2.68 bits per heavy atom. The summed E-state index contributed by atoms with van der Waals surface area (Å²) >= 11 is 1.25. The molecule has 1 atom stereocenters. The average molecular weight is 384 g/mol. The fraction of sp³-hybridized carbons (Fsp3) is 0.412. The van der Waals surface area contributed by atoms with E-state index < -0.39 is 0 Å². The minimum atomic E-state index is -0.370. The number of hydrogen-bond acceptors (Lipinski definition) is 5. The molecule has 0 bridgehead atoms. The summed E-state index contributed by atoms with van der Waals surface area (Å²) in [5, 5.41) is 6.44. The Hall–Kier alpha value is -1.83. The van der Waals surface area contributed by atoms with Crippen molar-refractivity contribution in [2.45, 2.75) is 32.2 Å². The summed E-state index contributed by atoms with van der Waals surface area (Å²) < 4.78 is 5.07. The molecule has 136 valence electrons. The third kappa shape index (κ3) is 4.23. The quantitative estimate of drug-likeness (QED) is 0.713. The van der Waals surface area contributed by atoms with Gasteiger partial charge in [0.1, 0.15) is 0 Å². The van der Waals surface area contributed by atoms with Crippen LogP contribution in [0.25, 0.3) is 0 Å². The summed E-state index contributed by atoms with van der Waals surface area (Å²) in [5.41, 5.74) is 6.31. The number of anilines is 1. The van der Waals surface area contributed by atoms with Gasteiger partial charge in [0, 0.05) is 6.54 Å². The molecule has 4 N–H and O–H groups in total. The van der Waals surface area contributed by atoms with Gasteiger partial charge in [0.25, 0.3) is 11.8 Å². The van der Waals surface area contributed by atoms with Crippen molar-refractivity contribution in [3.8, 4) is 0 Å². The lowest BCUT2D eigenvalue weighted by Gasteiger charge is -2.29. The maximum Gasteiger partial charge on any atom is 0.291 e. The van der Waals surface area contributed by atoms with Crippen LogP contribution in [0.5, 0.6) is 0 Å². The minimum absolute atomic E-state index is 0.